The van der Waals surface area contributed by atoms with Crippen LogP contribution in [0.1, 0.15) is 24.8 Å². The summed E-state index contributed by atoms with van der Waals surface area (Å²) in [4.78, 5) is 23.9. The number of amides is 1. The van der Waals surface area contributed by atoms with Crippen LogP contribution in [-0.2, 0) is 20.7 Å². The summed E-state index contributed by atoms with van der Waals surface area (Å²) in [7, 11) is 1.20. The molecule has 4 N–H and O–H groups in total. The Morgan fingerprint density at radius 1 is 1.33 bits per heavy atom. The maximum absolute atomic E-state index is 12.2. The van der Waals surface area contributed by atoms with E-state index < -0.39 is 24.2 Å². The van der Waals surface area contributed by atoms with E-state index >= 15 is 0 Å². The Morgan fingerprint density at radius 2 is 1.96 bits per heavy atom. The third kappa shape index (κ3) is 6.11. The first kappa shape index (κ1) is 20.4. The number of carbonyl (C=O) groups is 2. The molecule has 24 heavy (non-hydrogen) atoms. The normalized spacial score (nSPS) is 17.1. The highest BCUT2D eigenvalue weighted by molar-refractivity contribution is 5.85. The third-order valence-electron chi connectivity index (χ3n) is 4.07. The number of rotatable bonds is 8. The maximum atomic E-state index is 12.2. The number of nitrogens with two attached hydrogens (primary N) is 1. The van der Waals surface area contributed by atoms with Crippen molar-refractivity contribution >= 4 is 24.3 Å². The van der Waals surface area contributed by atoms with Gasteiger partial charge in [0.15, 0.2) is 6.10 Å². The predicted molar refractivity (Wildman–Crippen MR) is 92.7 cm³/mol. The summed E-state index contributed by atoms with van der Waals surface area (Å²) < 4.78 is 4.58. The molecule has 134 valence electrons. The molecule has 0 heterocycles. The first-order chi connectivity index (χ1) is 11.0. The van der Waals surface area contributed by atoms with Crippen LogP contribution in [-0.4, -0.2) is 42.3 Å². The summed E-state index contributed by atoms with van der Waals surface area (Å²) >= 11 is 0. The molecule has 1 saturated carbocycles. The molecule has 0 bridgehead atoms. The van der Waals surface area contributed by atoms with Gasteiger partial charge in [0.25, 0.3) is 0 Å². The molecule has 0 radical (unpaired) electrons. The van der Waals surface area contributed by atoms with Gasteiger partial charge in [-0.3, -0.25) is 4.79 Å². The van der Waals surface area contributed by atoms with Crippen molar-refractivity contribution in [3.05, 3.63) is 35.9 Å². The Labute approximate surface area is 148 Å². The Morgan fingerprint density at radius 3 is 2.50 bits per heavy atom. The number of esters is 1. The number of aliphatic hydroxyl groups excluding tert-OH is 1. The van der Waals surface area contributed by atoms with Crippen molar-refractivity contribution < 1.29 is 19.4 Å². The molecule has 3 unspecified atom stereocenters. The van der Waals surface area contributed by atoms with E-state index in [1.165, 1.54) is 7.11 Å². The van der Waals surface area contributed by atoms with Crippen molar-refractivity contribution in [2.45, 2.75) is 43.9 Å². The molecule has 1 fully saturated rings. The Hall–Kier alpha value is -1.63. The summed E-state index contributed by atoms with van der Waals surface area (Å²) in [5, 5.41) is 12.8. The van der Waals surface area contributed by atoms with E-state index in [9.17, 15) is 14.7 Å². The molecule has 0 spiro atoms. The highest BCUT2D eigenvalue weighted by atomic mass is 35.5. The predicted octanol–water partition coefficient (Wildman–Crippen LogP) is 0.797. The molecule has 6 nitrogen and oxygen atoms in total. The summed E-state index contributed by atoms with van der Waals surface area (Å²) in [6.45, 7) is 0. The lowest BCUT2D eigenvalue weighted by Crippen LogP contribution is -2.53. The molecule has 1 aromatic carbocycles. The second-order valence-corrected chi connectivity index (χ2v) is 6.06. The van der Waals surface area contributed by atoms with Crippen LogP contribution in [0.15, 0.2) is 30.3 Å². The van der Waals surface area contributed by atoms with Gasteiger partial charge in [-0.2, -0.15) is 0 Å². The van der Waals surface area contributed by atoms with E-state index in [1.807, 2.05) is 30.3 Å². The average Bonchev–Trinajstić information content (AvgIpc) is 3.37. The summed E-state index contributed by atoms with van der Waals surface area (Å²) in [5.41, 5.74) is 6.80. The molecule has 0 aromatic heterocycles. The van der Waals surface area contributed by atoms with Gasteiger partial charge in [-0.1, -0.05) is 43.2 Å². The number of hydrogen-bond acceptors (Lipinski definition) is 5. The number of ether oxygens (including phenoxy) is 1. The van der Waals surface area contributed by atoms with E-state index in [4.69, 9.17) is 5.73 Å². The third-order valence-corrected chi connectivity index (χ3v) is 4.07. The number of benzene rings is 1. The SMILES string of the molecule is COC(=O)C(O)C(Cc1ccccc1)NC(=O)C(N)CC1CC1.Cl. The van der Waals surface area contributed by atoms with Crippen molar-refractivity contribution in [3.8, 4) is 0 Å². The minimum atomic E-state index is -1.43. The second kappa shape index (κ2) is 9.61. The van der Waals surface area contributed by atoms with Crippen molar-refractivity contribution in [2.24, 2.45) is 11.7 Å². The largest absolute Gasteiger partial charge is 0.467 e. The van der Waals surface area contributed by atoms with Crippen LogP contribution in [0.5, 0.6) is 0 Å². The standard InChI is InChI=1S/C17H24N2O4.ClH/c1-23-17(22)15(20)14(10-11-5-3-2-4-6-11)19-16(21)13(18)9-12-7-8-12;/h2-6,12-15,20H,7-10,18H2,1H3,(H,19,21);1H. The van der Waals surface area contributed by atoms with Crippen LogP contribution in [0, 0.1) is 5.92 Å². The monoisotopic (exact) mass is 356 g/mol. The molecule has 0 aliphatic heterocycles. The van der Waals surface area contributed by atoms with Gasteiger partial charge in [0, 0.05) is 0 Å². The number of carbonyl (C=O) groups excluding carboxylic acids is 2. The number of hydrogen-bond donors (Lipinski definition) is 3. The van der Waals surface area contributed by atoms with Crippen molar-refractivity contribution in [1.29, 1.82) is 0 Å². The highest BCUT2D eigenvalue weighted by Crippen LogP contribution is 2.33. The molecule has 1 amide bonds. The van der Waals surface area contributed by atoms with Gasteiger partial charge in [-0.15, -0.1) is 12.4 Å². The molecule has 7 heteroatoms. The van der Waals surface area contributed by atoms with E-state index in [1.54, 1.807) is 0 Å². The van der Waals surface area contributed by atoms with Gasteiger partial charge >= 0.3 is 5.97 Å². The zero-order chi connectivity index (χ0) is 16.8. The zero-order valence-corrected chi connectivity index (χ0v) is 14.5. The fourth-order valence-corrected chi connectivity index (χ4v) is 2.50. The van der Waals surface area contributed by atoms with Crippen LogP contribution in [0.25, 0.3) is 0 Å². The topological polar surface area (TPSA) is 102 Å². The maximum Gasteiger partial charge on any atom is 0.336 e. The molecule has 3 atom stereocenters. The quantitative estimate of drug-likeness (QED) is 0.598. The van der Waals surface area contributed by atoms with Crippen molar-refractivity contribution in [2.75, 3.05) is 7.11 Å². The van der Waals surface area contributed by atoms with Gasteiger partial charge in [0.1, 0.15) is 0 Å². The molecular weight excluding hydrogens is 332 g/mol. The molecule has 2 rings (SSSR count). The Kier molecular flexibility index (Phi) is 8.18. The first-order valence-corrected chi connectivity index (χ1v) is 7.87. The number of methoxy groups -OCH3 is 1. The summed E-state index contributed by atoms with van der Waals surface area (Å²) in [5.74, 6) is -0.600. The van der Waals surface area contributed by atoms with Crippen LogP contribution in [0.4, 0.5) is 0 Å². The lowest BCUT2D eigenvalue weighted by Gasteiger charge is -2.24. The molecule has 1 aliphatic rings. The molecule has 1 aliphatic carbocycles. The number of nitrogens with one attached hydrogen (secondary N) is 1. The number of halogens is 1. The van der Waals surface area contributed by atoms with Crippen LogP contribution < -0.4 is 11.1 Å². The smallest absolute Gasteiger partial charge is 0.336 e. The van der Waals surface area contributed by atoms with Crippen LogP contribution in [0.3, 0.4) is 0 Å². The van der Waals surface area contributed by atoms with E-state index in [0.717, 1.165) is 18.4 Å². The van der Waals surface area contributed by atoms with Gasteiger partial charge in [-0.05, 0) is 24.3 Å². The van der Waals surface area contributed by atoms with E-state index in [0.29, 0.717) is 18.8 Å². The fraction of sp³-hybridized carbons (Fsp3) is 0.529. The second-order valence-electron chi connectivity index (χ2n) is 6.06. The fourth-order valence-electron chi connectivity index (χ4n) is 2.50. The molecular formula is C17H25ClN2O4. The highest BCUT2D eigenvalue weighted by Gasteiger charge is 2.32. The Bertz CT molecular complexity index is 537. The van der Waals surface area contributed by atoms with Gasteiger partial charge in [0.05, 0.1) is 19.2 Å². The van der Waals surface area contributed by atoms with E-state index in [2.05, 4.69) is 10.1 Å². The van der Waals surface area contributed by atoms with Crippen molar-refractivity contribution in [1.82, 2.24) is 5.32 Å². The average molecular weight is 357 g/mol. The first-order valence-electron chi connectivity index (χ1n) is 7.87. The zero-order valence-electron chi connectivity index (χ0n) is 13.7. The van der Waals surface area contributed by atoms with Crippen LogP contribution in [0.2, 0.25) is 0 Å². The lowest BCUT2D eigenvalue weighted by molar-refractivity contribution is -0.152. The Balaban J connectivity index is 0.00000288. The number of aliphatic hydroxyl groups is 1. The minimum absolute atomic E-state index is 0. The summed E-state index contributed by atoms with van der Waals surface area (Å²) in [6, 6.07) is 7.93. The molecule has 1 aromatic rings. The van der Waals surface area contributed by atoms with E-state index in [-0.39, 0.29) is 18.3 Å². The minimum Gasteiger partial charge on any atom is -0.467 e. The lowest BCUT2D eigenvalue weighted by atomic mass is 10.00. The van der Waals surface area contributed by atoms with Gasteiger partial charge in [0.2, 0.25) is 5.91 Å². The van der Waals surface area contributed by atoms with Gasteiger partial charge < -0.3 is 20.9 Å². The van der Waals surface area contributed by atoms with Gasteiger partial charge in [-0.25, -0.2) is 4.79 Å². The molecule has 0 saturated heterocycles. The van der Waals surface area contributed by atoms with Crippen molar-refractivity contribution in [3.63, 3.8) is 0 Å². The summed E-state index contributed by atoms with van der Waals surface area (Å²) in [6.07, 6.45) is 1.74. The van der Waals surface area contributed by atoms with Crippen LogP contribution >= 0.6 is 12.4 Å².